The third-order valence-corrected chi connectivity index (χ3v) is 6.17. The minimum absolute atomic E-state index is 0.0544. The number of halogens is 1. The topological polar surface area (TPSA) is 49.9 Å². The highest BCUT2D eigenvalue weighted by molar-refractivity contribution is 6.32. The SMILES string of the molecule is Cc1ccc(N2C(=O)N(Cc3ccccc3OC3C=CC=CC3)C(C)(C)C2=O)cc1Cl. The second-order valence-electron chi connectivity index (χ2n) is 8.31. The van der Waals surface area contributed by atoms with Crippen molar-refractivity contribution in [2.75, 3.05) is 4.90 Å². The van der Waals surface area contributed by atoms with Crippen LogP contribution in [0.2, 0.25) is 5.02 Å². The molecule has 3 amide bonds. The van der Waals surface area contributed by atoms with Gasteiger partial charge in [-0.1, -0.05) is 54.1 Å². The third-order valence-electron chi connectivity index (χ3n) is 5.76. The zero-order valence-electron chi connectivity index (χ0n) is 17.8. The monoisotopic (exact) mass is 436 g/mol. The summed E-state index contributed by atoms with van der Waals surface area (Å²) in [4.78, 5) is 29.4. The third kappa shape index (κ3) is 3.98. The Balaban J connectivity index is 1.62. The molecule has 0 N–H and O–H groups in total. The number of benzene rings is 2. The number of hydrogen-bond donors (Lipinski definition) is 0. The van der Waals surface area contributed by atoms with Gasteiger partial charge in [-0.15, -0.1) is 0 Å². The molecule has 2 aliphatic rings. The number of nitrogens with zero attached hydrogens (tertiary/aromatic N) is 2. The number of rotatable bonds is 5. The fourth-order valence-corrected chi connectivity index (χ4v) is 3.95. The molecule has 1 heterocycles. The Hall–Kier alpha value is -3.05. The lowest BCUT2D eigenvalue weighted by molar-refractivity contribution is -0.123. The van der Waals surface area contributed by atoms with Gasteiger partial charge in [0.15, 0.2) is 0 Å². The van der Waals surface area contributed by atoms with Crippen LogP contribution in [-0.4, -0.2) is 28.5 Å². The molecule has 0 radical (unpaired) electrons. The van der Waals surface area contributed by atoms with Gasteiger partial charge >= 0.3 is 6.03 Å². The smallest absolute Gasteiger partial charge is 0.332 e. The molecule has 1 aliphatic carbocycles. The van der Waals surface area contributed by atoms with Crippen molar-refractivity contribution >= 4 is 29.2 Å². The second-order valence-corrected chi connectivity index (χ2v) is 8.72. The van der Waals surface area contributed by atoms with E-state index in [9.17, 15) is 9.59 Å². The van der Waals surface area contributed by atoms with Crippen LogP contribution in [0.25, 0.3) is 0 Å². The van der Waals surface area contributed by atoms with Crippen molar-refractivity contribution in [2.45, 2.75) is 45.4 Å². The average Bonchev–Trinajstić information content (AvgIpc) is 2.92. The Morgan fingerprint density at radius 3 is 2.61 bits per heavy atom. The molecule has 1 fully saturated rings. The molecule has 160 valence electrons. The van der Waals surface area contributed by atoms with Gasteiger partial charge in [0.1, 0.15) is 17.4 Å². The zero-order valence-corrected chi connectivity index (χ0v) is 18.6. The summed E-state index contributed by atoms with van der Waals surface area (Å²) in [5, 5.41) is 0.516. The summed E-state index contributed by atoms with van der Waals surface area (Å²) in [7, 11) is 0. The van der Waals surface area contributed by atoms with Crippen molar-refractivity contribution in [1.82, 2.24) is 4.90 Å². The summed E-state index contributed by atoms with van der Waals surface area (Å²) in [6.07, 6.45) is 8.76. The van der Waals surface area contributed by atoms with Crippen LogP contribution in [0.3, 0.4) is 0 Å². The standard InChI is InChI=1S/C25H25ClN2O3/c1-17-13-14-19(15-21(17)26)28-23(29)25(2,3)27(24(28)30)16-18-9-7-8-12-22(18)31-20-10-5-4-6-11-20/h4-10,12-15,20H,11,16H2,1-3H3. The van der Waals surface area contributed by atoms with Gasteiger partial charge in [0.05, 0.1) is 12.2 Å². The fourth-order valence-electron chi connectivity index (χ4n) is 3.78. The van der Waals surface area contributed by atoms with E-state index in [1.54, 1.807) is 30.9 Å². The minimum atomic E-state index is -1.00. The molecule has 2 aromatic carbocycles. The number of amides is 3. The highest BCUT2D eigenvalue weighted by Crippen LogP contribution is 2.36. The summed E-state index contributed by atoms with van der Waals surface area (Å²) in [6.45, 7) is 5.67. The first-order valence-electron chi connectivity index (χ1n) is 10.3. The van der Waals surface area contributed by atoms with Gasteiger partial charge in [0.2, 0.25) is 0 Å². The van der Waals surface area contributed by atoms with E-state index in [0.29, 0.717) is 16.5 Å². The molecule has 1 unspecified atom stereocenters. The van der Waals surface area contributed by atoms with Crippen molar-refractivity contribution in [2.24, 2.45) is 0 Å². The Labute approximate surface area is 187 Å². The number of para-hydroxylation sites is 1. The molecule has 31 heavy (non-hydrogen) atoms. The van der Waals surface area contributed by atoms with Crippen LogP contribution < -0.4 is 9.64 Å². The normalized spacial score (nSPS) is 19.9. The second kappa shape index (κ2) is 8.23. The molecule has 0 aromatic heterocycles. The van der Waals surface area contributed by atoms with Crippen LogP contribution >= 0.6 is 11.6 Å². The summed E-state index contributed by atoms with van der Waals surface area (Å²) >= 11 is 6.25. The maximum atomic E-state index is 13.4. The Morgan fingerprint density at radius 2 is 1.90 bits per heavy atom. The Bertz CT molecular complexity index is 1090. The molecule has 0 spiro atoms. The number of hydrogen-bond acceptors (Lipinski definition) is 3. The maximum Gasteiger partial charge on any atom is 0.332 e. The predicted octanol–water partition coefficient (Wildman–Crippen LogP) is 5.66. The molecule has 1 saturated heterocycles. The maximum absolute atomic E-state index is 13.4. The van der Waals surface area contributed by atoms with Crippen molar-refractivity contribution < 1.29 is 14.3 Å². The molecule has 2 aromatic rings. The van der Waals surface area contributed by atoms with E-state index in [4.69, 9.17) is 16.3 Å². The van der Waals surface area contributed by atoms with Gasteiger partial charge in [-0.2, -0.15) is 0 Å². The lowest BCUT2D eigenvalue weighted by Gasteiger charge is -2.29. The number of carbonyl (C=O) groups is 2. The van der Waals surface area contributed by atoms with E-state index in [1.807, 2.05) is 55.5 Å². The van der Waals surface area contributed by atoms with Crippen LogP contribution in [0.15, 0.2) is 66.8 Å². The predicted molar refractivity (Wildman–Crippen MR) is 122 cm³/mol. The van der Waals surface area contributed by atoms with Gasteiger partial charge in [-0.05, 0) is 50.6 Å². The van der Waals surface area contributed by atoms with Crippen molar-refractivity contribution in [1.29, 1.82) is 0 Å². The Kier molecular flexibility index (Phi) is 5.63. The molecule has 0 bridgehead atoms. The molecule has 1 atom stereocenters. The Morgan fingerprint density at radius 1 is 1.13 bits per heavy atom. The highest BCUT2D eigenvalue weighted by Gasteiger charge is 2.52. The minimum Gasteiger partial charge on any atom is -0.486 e. The molecule has 5 nitrogen and oxygen atoms in total. The van der Waals surface area contributed by atoms with Gasteiger partial charge in [-0.25, -0.2) is 9.69 Å². The summed E-state index contributed by atoms with van der Waals surface area (Å²) in [5.74, 6) is 0.427. The van der Waals surface area contributed by atoms with Crippen molar-refractivity contribution in [3.05, 3.63) is 82.9 Å². The van der Waals surface area contributed by atoms with Gasteiger partial charge in [0, 0.05) is 17.0 Å². The summed E-state index contributed by atoms with van der Waals surface area (Å²) in [5.41, 5.74) is 1.21. The molecular weight excluding hydrogens is 412 g/mol. The summed E-state index contributed by atoms with van der Waals surface area (Å²) < 4.78 is 6.18. The molecular formula is C25H25ClN2O3. The number of allylic oxidation sites excluding steroid dienone is 2. The summed E-state index contributed by atoms with van der Waals surface area (Å²) in [6, 6.07) is 12.5. The van der Waals surface area contributed by atoms with Crippen molar-refractivity contribution in [3.8, 4) is 5.75 Å². The van der Waals surface area contributed by atoms with E-state index >= 15 is 0 Å². The number of ether oxygens (including phenoxy) is 1. The number of imide groups is 1. The van der Waals surface area contributed by atoms with Gasteiger partial charge < -0.3 is 9.64 Å². The van der Waals surface area contributed by atoms with E-state index < -0.39 is 5.54 Å². The zero-order chi connectivity index (χ0) is 22.2. The highest BCUT2D eigenvalue weighted by atomic mass is 35.5. The van der Waals surface area contributed by atoms with E-state index in [0.717, 1.165) is 17.5 Å². The van der Waals surface area contributed by atoms with Crippen LogP contribution in [0, 0.1) is 6.92 Å². The molecule has 1 aliphatic heterocycles. The van der Waals surface area contributed by atoms with Crippen molar-refractivity contribution in [3.63, 3.8) is 0 Å². The van der Waals surface area contributed by atoms with Crippen LogP contribution in [0.1, 0.15) is 31.4 Å². The van der Waals surface area contributed by atoms with Gasteiger partial charge in [-0.3, -0.25) is 4.79 Å². The van der Waals surface area contributed by atoms with Crippen LogP contribution in [0.4, 0.5) is 10.5 Å². The quantitative estimate of drug-likeness (QED) is 0.568. The first kappa shape index (κ1) is 21.2. The van der Waals surface area contributed by atoms with E-state index in [-0.39, 0.29) is 24.6 Å². The molecule has 0 saturated carbocycles. The van der Waals surface area contributed by atoms with Crippen LogP contribution in [-0.2, 0) is 11.3 Å². The van der Waals surface area contributed by atoms with Gasteiger partial charge in [0.25, 0.3) is 5.91 Å². The number of urea groups is 1. The lowest BCUT2D eigenvalue weighted by Crippen LogP contribution is -2.43. The number of aryl methyl sites for hydroxylation is 1. The lowest BCUT2D eigenvalue weighted by atomic mass is 10.0. The number of carbonyl (C=O) groups excluding carboxylic acids is 2. The number of anilines is 1. The first-order valence-corrected chi connectivity index (χ1v) is 10.7. The molecule has 6 heteroatoms. The average molecular weight is 437 g/mol. The van der Waals surface area contributed by atoms with E-state index in [1.165, 1.54) is 4.90 Å². The first-order chi connectivity index (χ1) is 14.8. The van der Waals surface area contributed by atoms with E-state index in [2.05, 4.69) is 6.08 Å². The molecule has 4 rings (SSSR count). The largest absolute Gasteiger partial charge is 0.486 e. The fraction of sp³-hybridized carbons (Fsp3) is 0.280. The van der Waals surface area contributed by atoms with Crippen LogP contribution in [0.5, 0.6) is 5.75 Å².